The first kappa shape index (κ1) is 14.5. The Bertz CT molecular complexity index is 660. The molecule has 1 aliphatic rings. The van der Waals surface area contributed by atoms with E-state index in [1.807, 2.05) is 0 Å². The normalized spacial score (nSPS) is 18.3. The lowest BCUT2D eigenvalue weighted by Gasteiger charge is -2.30. The Morgan fingerprint density at radius 3 is 3.05 bits per heavy atom. The Hall–Kier alpha value is -2.41. The fraction of sp³-hybridized carbons (Fsp3) is 0.333. The van der Waals surface area contributed by atoms with E-state index >= 15 is 0 Å². The number of hydrogen-bond donors (Lipinski definition) is 2. The largest absolute Gasteiger partial charge is 0.391 e. The zero-order chi connectivity index (χ0) is 15.5. The van der Waals surface area contributed by atoms with Crippen LogP contribution in [0.4, 0.5) is 14.9 Å². The number of anilines is 1. The molecule has 116 valence electrons. The van der Waals surface area contributed by atoms with Gasteiger partial charge in [0.05, 0.1) is 17.5 Å². The molecule has 0 unspecified atom stereocenters. The van der Waals surface area contributed by atoms with Gasteiger partial charge >= 0.3 is 6.03 Å². The number of rotatable bonds is 2. The molecule has 2 N–H and O–H groups in total. The number of likely N-dealkylation sites (tertiary alicyclic amines) is 1. The molecule has 1 saturated heterocycles. The van der Waals surface area contributed by atoms with Crippen molar-refractivity contribution in [1.82, 2.24) is 14.7 Å². The van der Waals surface area contributed by atoms with E-state index in [4.69, 9.17) is 0 Å². The first-order chi connectivity index (χ1) is 10.6. The molecule has 0 saturated carbocycles. The summed E-state index contributed by atoms with van der Waals surface area (Å²) in [4.78, 5) is 13.8. The number of carbonyl (C=O) groups is 1. The van der Waals surface area contributed by atoms with Gasteiger partial charge in [0, 0.05) is 25.5 Å². The van der Waals surface area contributed by atoms with Crippen molar-refractivity contribution in [2.75, 3.05) is 18.4 Å². The Morgan fingerprint density at radius 1 is 1.45 bits per heavy atom. The number of urea groups is 1. The molecule has 0 radical (unpaired) electrons. The maximum Gasteiger partial charge on any atom is 0.321 e. The molecule has 2 amide bonds. The van der Waals surface area contributed by atoms with Gasteiger partial charge in [-0.25, -0.2) is 13.9 Å². The van der Waals surface area contributed by atoms with Gasteiger partial charge in [0.2, 0.25) is 0 Å². The van der Waals surface area contributed by atoms with Crippen LogP contribution in [-0.2, 0) is 0 Å². The number of piperidine rings is 1. The van der Waals surface area contributed by atoms with E-state index in [2.05, 4.69) is 10.4 Å². The number of β-amino-alcohol motifs (C(OH)–C–C–N with tert-alkyl or cyclic N) is 1. The van der Waals surface area contributed by atoms with E-state index in [9.17, 15) is 14.3 Å². The lowest BCUT2D eigenvalue weighted by atomic mass is 10.1. The molecule has 22 heavy (non-hydrogen) atoms. The summed E-state index contributed by atoms with van der Waals surface area (Å²) in [5, 5.41) is 16.5. The number of nitrogens with one attached hydrogen (secondary N) is 1. The van der Waals surface area contributed by atoms with Crippen LogP contribution in [0.15, 0.2) is 36.7 Å². The summed E-state index contributed by atoms with van der Waals surface area (Å²) < 4.78 is 15.1. The molecular formula is C15H17FN4O2. The van der Waals surface area contributed by atoms with Crippen LogP contribution in [0.1, 0.15) is 12.8 Å². The Kier molecular flexibility index (Phi) is 4.06. The maximum absolute atomic E-state index is 13.5. The zero-order valence-electron chi connectivity index (χ0n) is 11.9. The number of hydrogen-bond acceptors (Lipinski definition) is 3. The third-order valence-electron chi connectivity index (χ3n) is 3.64. The number of benzene rings is 1. The van der Waals surface area contributed by atoms with Crippen LogP contribution in [0.25, 0.3) is 5.69 Å². The monoisotopic (exact) mass is 304 g/mol. The predicted octanol–water partition coefficient (Wildman–Crippen LogP) is 2.00. The highest BCUT2D eigenvalue weighted by molar-refractivity contribution is 5.91. The van der Waals surface area contributed by atoms with E-state index in [-0.39, 0.29) is 12.6 Å². The molecule has 2 aromatic rings. The molecular weight excluding hydrogens is 287 g/mol. The van der Waals surface area contributed by atoms with Crippen molar-refractivity contribution in [1.29, 1.82) is 0 Å². The van der Waals surface area contributed by atoms with Gasteiger partial charge in [-0.3, -0.25) is 0 Å². The highest BCUT2D eigenvalue weighted by atomic mass is 19.1. The predicted molar refractivity (Wildman–Crippen MR) is 79.4 cm³/mol. The third-order valence-corrected chi connectivity index (χ3v) is 3.64. The molecule has 7 heteroatoms. The van der Waals surface area contributed by atoms with E-state index in [0.717, 1.165) is 6.42 Å². The van der Waals surface area contributed by atoms with Crippen LogP contribution < -0.4 is 5.32 Å². The minimum Gasteiger partial charge on any atom is -0.391 e. The van der Waals surface area contributed by atoms with Gasteiger partial charge < -0.3 is 15.3 Å². The quantitative estimate of drug-likeness (QED) is 0.891. The zero-order valence-corrected chi connectivity index (χ0v) is 11.9. The number of nitrogens with zero attached hydrogens (tertiary/aromatic N) is 3. The highest BCUT2D eigenvalue weighted by Gasteiger charge is 2.22. The average molecular weight is 304 g/mol. The highest BCUT2D eigenvalue weighted by Crippen LogP contribution is 2.22. The molecule has 1 fully saturated rings. The summed E-state index contributed by atoms with van der Waals surface area (Å²) in [7, 11) is 0. The first-order valence-electron chi connectivity index (χ1n) is 7.17. The smallest absolute Gasteiger partial charge is 0.321 e. The van der Waals surface area contributed by atoms with E-state index in [0.29, 0.717) is 24.3 Å². The molecule has 0 spiro atoms. The van der Waals surface area contributed by atoms with Gasteiger partial charge in [-0.05, 0) is 37.1 Å². The second-order valence-corrected chi connectivity index (χ2v) is 5.28. The molecule has 6 nitrogen and oxygen atoms in total. The van der Waals surface area contributed by atoms with E-state index in [1.54, 1.807) is 29.2 Å². The minimum absolute atomic E-state index is 0.290. The van der Waals surface area contributed by atoms with Crippen molar-refractivity contribution >= 4 is 11.7 Å². The Morgan fingerprint density at radius 2 is 2.32 bits per heavy atom. The first-order valence-corrected chi connectivity index (χ1v) is 7.17. The number of aromatic nitrogens is 2. The van der Waals surface area contributed by atoms with Crippen LogP contribution >= 0.6 is 0 Å². The fourth-order valence-electron chi connectivity index (χ4n) is 2.55. The molecule has 1 aromatic heterocycles. The molecule has 2 heterocycles. The van der Waals surface area contributed by atoms with Crippen molar-refractivity contribution in [3.8, 4) is 5.69 Å². The van der Waals surface area contributed by atoms with Crippen molar-refractivity contribution in [3.05, 3.63) is 42.5 Å². The molecule has 3 rings (SSSR count). The maximum atomic E-state index is 13.5. The number of amides is 2. The van der Waals surface area contributed by atoms with Crippen molar-refractivity contribution < 1.29 is 14.3 Å². The van der Waals surface area contributed by atoms with Crippen LogP contribution in [0.2, 0.25) is 0 Å². The van der Waals surface area contributed by atoms with Gasteiger partial charge in [-0.15, -0.1) is 0 Å². The second-order valence-electron chi connectivity index (χ2n) is 5.28. The summed E-state index contributed by atoms with van der Waals surface area (Å²) >= 11 is 0. The molecule has 1 aromatic carbocycles. The average Bonchev–Trinajstić information content (AvgIpc) is 3.01. The van der Waals surface area contributed by atoms with Gasteiger partial charge in [-0.2, -0.15) is 5.10 Å². The number of carbonyl (C=O) groups excluding carboxylic acids is 1. The Labute approximate surface area is 127 Å². The van der Waals surface area contributed by atoms with Crippen LogP contribution in [0, 0.1) is 5.82 Å². The SMILES string of the molecule is O=C(Nc1cc(F)ccc1-n1cccn1)N1CCC[C@@H](O)C1. The molecule has 1 atom stereocenters. The second kappa shape index (κ2) is 6.15. The lowest BCUT2D eigenvalue weighted by Crippen LogP contribution is -2.44. The van der Waals surface area contributed by atoms with Gasteiger partial charge in [0.1, 0.15) is 5.82 Å². The van der Waals surface area contributed by atoms with Crippen molar-refractivity contribution in [3.63, 3.8) is 0 Å². The van der Waals surface area contributed by atoms with E-state index in [1.165, 1.54) is 17.0 Å². The molecule has 1 aliphatic heterocycles. The number of aliphatic hydroxyl groups is 1. The molecule has 0 aliphatic carbocycles. The van der Waals surface area contributed by atoms with Gasteiger partial charge in [0.25, 0.3) is 0 Å². The summed E-state index contributed by atoms with van der Waals surface area (Å²) in [5.41, 5.74) is 0.922. The van der Waals surface area contributed by atoms with Crippen molar-refractivity contribution in [2.24, 2.45) is 0 Å². The fourth-order valence-corrected chi connectivity index (χ4v) is 2.55. The van der Waals surface area contributed by atoms with Crippen LogP contribution in [0.5, 0.6) is 0 Å². The van der Waals surface area contributed by atoms with E-state index < -0.39 is 11.9 Å². The standard InChI is InChI=1S/C15H17FN4O2/c16-11-4-5-14(20-8-2-6-17-20)13(9-11)18-15(22)19-7-1-3-12(21)10-19/h2,4-6,8-9,12,21H,1,3,7,10H2,(H,18,22)/t12-/m1/s1. The lowest BCUT2D eigenvalue weighted by molar-refractivity contribution is 0.0883. The summed E-state index contributed by atoms with van der Waals surface area (Å²) in [6.07, 6.45) is 4.27. The Balaban J connectivity index is 1.82. The third kappa shape index (κ3) is 3.09. The van der Waals surface area contributed by atoms with Gasteiger partial charge in [0.15, 0.2) is 0 Å². The van der Waals surface area contributed by atoms with Crippen LogP contribution in [0.3, 0.4) is 0 Å². The van der Waals surface area contributed by atoms with Crippen molar-refractivity contribution in [2.45, 2.75) is 18.9 Å². The van der Waals surface area contributed by atoms with Crippen LogP contribution in [-0.4, -0.2) is 45.0 Å². The summed E-state index contributed by atoms with van der Waals surface area (Å²) in [6.45, 7) is 0.869. The summed E-state index contributed by atoms with van der Waals surface area (Å²) in [5.74, 6) is -0.440. The topological polar surface area (TPSA) is 70.4 Å². The summed E-state index contributed by atoms with van der Waals surface area (Å²) in [6, 6.07) is 5.53. The number of aliphatic hydroxyl groups excluding tert-OH is 1. The van der Waals surface area contributed by atoms with Gasteiger partial charge in [-0.1, -0.05) is 0 Å². The minimum atomic E-state index is -0.502. The number of halogens is 1. The molecule has 0 bridgehead atoms.